The van der Waals surface area contributed by atoms with Gasteiger partial charge in [0.1, 0.15) is 0 Å². The minimum atomic E-state index is -0.727. The van der Waals surface area contributed by atoms with E-state index in [0.717, 1.165) is 49.9 Å². The molecule has 24 heavy (non-hydrogen) atoms. The number of aliphatic hydroxyl groups excluding tert-OH is 1. The molecule has 1 heterocycles. The van der Waals surface area contributed by atoms with Crippen LogP contribution in [0.25, 0.3) is 0 Å². The van der Waals surface area contributed by atoms with Crippen LogP contribution in [0.2, 0.25) is 0 Å². The predicted octanol–water partition coefficient (Wildman–Crippen LogP) is 3.02. The van der Waals surface area contributed by atoms with Gasteiger partial charge in [-0.25, -0.2) is 0 Å². The fraction of sp³-hybridized carbons (Fsp3) is 0.429. The van der Waals surface area contributed by atoms with Crippen LogP contribution in [0.5, 0.6) is 0 Å². The van der Waals surface area contributed by atoms with Crippen LogP contribution in [0.4, 0.5) is 0 Å². The minimum absolute atomic E-state index is 0.167. The third kappa shape index (κ3) is 2.77. The Kier molecular flexibility index (Phi) is 4.17. The van der Waals surface area contributed by atoms with Crippen LogP contribution in [-0.2, 0) is 12.0 Å². The Morgan fingerprint density at radius 3 is 2.33 bits per heavy atom. The monoisotopic (exact) mass is 323 g/mol. The molecule has 1 fully saturated rings. The second kappa shape index (κ2) is 6.32. The maximum Gasteiger partial charge on any atom is 0.0947 e. The molecule has 2 unspecified atom stereocenters. The van der Waals surface area contributed by atoms with Gasteiger partial charge in [0, 0.05) is 19.1 Å². The number of fused-ring (bicyclic) bond motifs is 1. The summed E-state index contributed by atoms with van der Waals surface area (Å²) >= 11 is 0. The Morgan fingerprint density at radius 1 is 0.917 bits per heavy atom. The highest BCUT2D eigenvalue weighted by Crippen LogP contribution is 2.38. The lowest BCUT2D eigenvalue weighted by Gasteiger charge is -2.45. The van der Waals surface area contributed by atoms with Crippen molar-refractivity contribution in [3.63, 3.8) is 0 Å². The highest BCUT2D eigenvalue weighted by Gasteiger charge is 2.39. The molecule has 0 radical (unpaired) electrons. The average molecular weight is 323 g/mol. The van der Waals surface area contributed by atoms with Crippen molar-refractivity contribution in [1.29, 1.82) is 0 Å². The van der Waals surface area contributed by atoms with Gasteiger partial charge in [-0.05, 0) is 42.4 Å². The van der Waals surface area contributed by atoms with Crippen LogP contribution in [0.1, 0.15) is 42.1 Å². The molecule has 2 aromatic rings. The molecule has 4 rings (SSSR count). The van der Waals surface area contributed by atoms with E-state index in [-0.39, 0.29) is 6.04 Å². The predicted molar refractivity (Wildman–Crippen MR) is 94.7 cm³/mol. The van der Waals surface area contributed by atoms with E-state index in [1.807, 2.05) is 42.5 Å². The third-order valence-corrected chi connectivity index (χ3v) is 5.85. The molecule has 2 atom stereocenters. The maximum absolute atomic E-state index is 11.0. The molecule has 1 aliphatic heterocycles. The first-order chi connectivity index (χ1) is 11.7. The van der Waals surface area contributed by atoms with Crippen molar-refractivity contribution in [3.05, 3.63) is 71.3 Å². The molecule has 1 saturated heterocycles. The molecule has 0 aromatic heterocycles. The van der Waals surface area contributed by atoms with E-state index in [1.165, 1.54) is 5.56 Å². The Bertz CT molecular complexity index is 692. The summed E-state index contributed by atoms with van der Waals surface area (Å²) in [7, 11) is 0. The number of benzene rings is 2. The van der Waals surface area contributed by atoms with Gasteiger partial charge in [0.05, 0.1) is 11.7 Å². The third-order valence-electron chi connectivity index (χ3n) is 5.85. The summed E-state index contributed by atoms with van der Waals surface area (Å²) in [5, 5.41) is 21.8. The first-order valence-electron chi connectivity index (χ1n) is 8.95. The summed E-state index contributed by atoms with van der Waals surface area (Å²) in [5.41, 5.74) is 2.64. The zero-order valence-corrected chi connectivity index (χ0v) is 13.9. The fourth-order valence-electron chi connectivity index (χ4n) is 4.36. The van der Waals surface area contributed by atoms with Crippen molar-refractivity contribution < 1.29 is 10.2 Å². The van der Waals surface area contributed by atoms with Gasteiger partial charge in [0.2, 0.25) is 0 Å². The summed E-state index contributed by atoms with van der Waals surface area (Å²) in [6, 6.07) is 18.4. The van der Waals surface area contributed by atoms with E-state index in [4.69, 9.17) is 0 Å². The van der Waals surface area contributed by atoms with Crippen molar-refractivity contribution in [2.24, 2.45) is 0 Å². The molecular formula is C21H25NO2. The topological polar surface area (TPSA) is 43.7 Å². The van der Waals surface area contributed by atoms with Crippen LogP contribution in [-0.4, -0.2) is 34.2 Å². The molecule has 0 bridgehead atoms. The van der Waals surface area contributed by atoms with E-state index in [1.54, 1.807) is 0 Å². The molecule has 0 spiro atoms. The number of hydrogen-bond acceptors (Lipinski definition) is 3. The van der Waals surface area contributed by atoms with Gasteiger partial charge < -0.3 is 10.2 Å². The van der Waals surface area contributed by atoms with Gasteiger partial charge >= 0.3 is 0 Å². The molecule has 3 heteroatoms. The summed E-state index contributed by atoms with van der Waals surface area (Å²) in [4.78, 5) is 2.37. The molecule has 1 aliphatic carbocycles. The first kappa shape index (κ1) is 15.8. The largest absolute Gasteiger partial charge is 0.387 e. The van der Waals surface area contributed by atoms with Gasteiger partial charge in [-0.1, -0.05) is 54.6 Å². The Balaban J connectivity index is 1.47. The molecule has 0 saturated carbocycles. The highest BCUT2D eigenvalue weighted by atomic mass is 16.3. The normalized spacial score (nSPS) is 26.8. The Morgan fingerprint density at radius 2 is 1.58 bits per heavy atom. The van der Waals surface area contributed by atoms with Crippen molar-refractivity contribution in [2.45, 2.75) is 43.4 Å². The van der Waals surface area contributed by atoms with Crippen molar-refractivity contribution >= 4 is 0 Å². The number of hydrogen-bond donors (Lipinski definition) is 2. The molecule has 2 aromatic carbocycles. The lowest BCUT2D eigenvalue weighted by Crippen LogP contribution is -2.50. The molecule has 0 amide bonds. The quantitative estimate of drug-likeness (QED) is 0.893. The Labute approximate surface area is 143 Å². The van der Waals surface area contributed by atoms with Crippen molar-refractivity contribution in [1.82, 2.24) is 4.90 Å². The smallest absolute Gasteiger partial charge is 0.0947 e. The number of aliphatic hydroxyl groups is 2. The standard InChI is InChI=1S/C21H25NO2/c23-20-18-9-5-4-6-16(18)10-11-19(20)22-14-12-21(24,13-15-22)17-7-2-1-3-8-17/h1-9,19-20,23-24H,10-15H2. The Hall–Kier alpha value is -1.68. The van der Waals surface area contributed by atoms with Crippen LogP contribution in [0.3, 0.4) is 0 Å². The van der Waals surface area contributed by atoms with Crippen molar-refractivity contribution in [3.8, 4) is 0 Å². The molecule has 2 aliphatic rings. The summed E-state index contributed by atoms with van der Waals surface area (Å²) in [6.07, 6.45) is 3.04. The zero-order valence-electron chi connectivity index (χ0n) is 13.9. The van der Waals surface area contributed by atoms with Gasteiger partial charge in [0.25, 0.3) is 0 Å². The number of aryl methyl sites for hydroxylation is 1. The maximum atomic E-state index is 11.0. The summed E-state index contributed by atoms with van der Waals surface area (Å²) < 4.78 is 0. The zero-order chi connectivity index (χ0) is 16.6. The SMILES string of the molecule is OC1c2ccccc2CCC1N1CCC(O)(c2ccccc2)CC1. The van der Waals surface area contributed by atoms with E-state index in [0.29, 0.717) is 0 Å². The van der Waals surface area contributed by atoms with Gasteiger partial charge in [-0.15, -0.1) is 0 Å². The van der Waals surface area contributed by atoms with Crippen molar-refractivity contribution in [2.75, 3.05) is 13.1 Å². The number of nitrogens with zero attached hydrogens (tertiary/aromatic N) is 1. The van der Waals surface area contributed by atoms with Crippen LogP contribution < -0.4 is 0 Å². The molecule has 2 N–H and O–H groups in total. The average Bonchev–Trinajstić information content (AvgIpc) is 2.64. The molecule has 126 valence electrons. The van der Waals surface area contributed by atoms with E-state index in [9.17, 15) is 10.2 Å². The van der Waals surface area contributed by atoms with E-state index < -0.39 is 11.7 Å². The number of piperidine rings is 1. The number of likely N-dealkylation sites (tertiary alicyclic amines) is 1. The fourth-order valence-corrected chi connectivity index (χ4v) is 4.36. The number of rotatable bonds is 2. The first-order valence-corrected chi connectivity index (χ1v) is 8.95. The molecular weight excluding hydrogens is 298 g/mol. The van der Waals surface area contributed by atoms with Crippen LogP contribution >= 0.6 is 0 Å². The van der Waals surface area contributed by atoms with Gasteiger partial charge in [0.15, 0.2) is 0 Å². The summed E-state index contributed by atoms with van der Waals surface area (Å²) in [6.45, 7) is 1.66. The second-order valence-electron chi connectivity index (χ2n) is 7.18. The highest BCUT2D eigenvalue weighted by molar-refractivity contribution is 5.33. The lowest BCUT2D eigenvalue weighted by atomic mass is 9.81. The van der Waals surface area contributed by atoms with Crippen LogP contribution in [0.15, 0.2) is 54.6 Å². The van der Waals surface area contributed by atoms with E-state index in [2.05, 4.69) is 17.0 Å². The van der Waals surface area contributed by atoms with Gasteiger partial charge in [-0.3, -0.25) is 4.90 Å². The van der Waals surface area contributed by atoms with Gasteiger partial charge in [-0.2, -0.15) is 0 Å². The molecule has 3 nitrogen and oxygen atoms in total. The lowest BCUT2D eigenvalue weighted by molar-refractivity contribution is -0.0568. The second-order valence-corrected chi connectivity index (χ2v) is 7.18. The van der Waals surface area contributed by atoms with Crippen LogP contribution in [0, 0.1) is 0 Å². The van der Waals surface area contributed by atoms with E-state index >= 15 is 0 Å². The summed E-state index contributed by atoms with van der Waals surface area (Å²) in [5.74, 6) is 0. The minimum Gasteiger partial charge on any atom is -0.387 e.